The molecular formula is C35H42N2O7. The van der Waals surface area contributed by atoms with Gasteiger partial charge in [0.15, 0.2) is 6.61 Å². The number of allylic oxidation sites excluding steroid dienone is 3. The molecule has 0 amide bonds. The number of ketones is 1. The normalized spacial score (nSPS) is 36.4. The maximum Gasteiger partial charge on any atom is 0.309 e. The second-order valence-corrected chi connectivity index (χ2v) is 13.8. The van der Waals surface area contributed by atoms with Gasteiger partial charge in [-0.25, -0.2) is 4.68 Å². The van der Waals surface area contributed by atoms with Crippen molar-refractivity contribution in [1.82, 2.24) is 9.78 Å². The van der Waals surface area contributed by atoms with E-state index in [4.69, 9.17) is 9.84 Å². The van der Waals surface area contributed by atoms with Gasteiger partial charge in [-0.2, -0.15) is 5.10 Å². The lowest BCUT2D eigenvalue weighted by Crippen LogP contribution is -2.62. The van der Waals surface area contributed by atoms with Gasteiger partial charge in [0, 0.05) is 23.7 Å². The fourth-order valence-electron chi connectivity index (χ4n) is 9.23. The van der Waals surface area contributed by atoms with Crippen LogP contribution in [0.1, 0.15) is 65.1 Å². The van der Waals surface area contributed by atoms with E-state index in [9.17, 15) is 24.6 Å². The summed E-state index contributed by atoms with van der Waals surface area (Å²) >= 11 is 0. The van der Waals surface area contributed by atoms with E-state index in [1.165, 1.54) is 18.1 Å². The number of aliphatic hydroxyl groups is 2. The molecule has 234 valence electrons. The van der Waals surface area contributed by atoms with Crippen molar-refractivity contribution in [1.29, 1.82) is 0 Å². The summed E-state index contributed by atoms with van der Waals surface area (Å²) < 4.78 is 11.3. The summed E-state index contributed by atoms with van der Waals surface area (Å²) in [5, 5.41) is 28.6. The molecule has 2 N–H and O–H groups in total. The minimum absolute atomic E-state index is 0.00428. The van der Waals surface area contributed by atoms with Crippen LogP contribution in [-0.4, -0.2) is 62.6 Å². The zero-order chi connectivity index (χ0) is 31.6. The van der Waals surface area contributed by atoms with Crippen LogP contribution >= 0.6 is 0 Å². The first-order valence-corrected chi connectivity index (χ1v) is 15.6. The van der Waals surface area contributed by atoms with Gasteiger partial charge in [0.25, 0.3) is 0 Å². The number of cyclic esters (lactones) is 1. The summed E-state index contributed by atoms with van der Waals surface area (Å²) in [7, 11) is 0. The Bertz CT molecular complexity index is 1550. The molecule has 1 aromatic carbocycles. The van der Waals surface area contributed by atoms with Crippen LogP contribution in [-0.2, 0) is 30.3 Å². The van der Waals surface area contributed by atoms with E-state index >= 15 is 0 Å². The summed E-state index contributed by atoms with van der Waals surface area (Å²) in [5.74, 6) is -1.45. The van der Waals surface area contributed by atoms with Crippen LogP contribution in [0.25, 0.3) is 11.8 Å². The first kappa shape index (κ1) is 30.5. The lowest BCUT2D eigenvalue weighted by molar-refractivity contribution is -0.182. The van der Waals surface area contributed by atoms with Crippen molar-refractivity contribution < 1.29 is 34.1 Å². The maximum absolute atomic E-state index is 13.4. The van der Waals surface area contributed by atoms with E-state index in [0.717, 1.165) is 23.4 Å². The predicted octanol–water partition coefficient (Wildman–Crippen LogP) is 4.23. The van der Waals surface area contributed by atoms with Crippen molar-refractivity contribution in [2.45, 2.75) is 72.0 Å². The van der Waals surface area contributed by atoms with Gasteiger partial charge in [-0.1, -0.05) is 50.6 Å². The number of ether oxygens (including phenoxy) is 2. The summed E-state index contributed by atoms with van der Waals surface area (Å²) in [6, 6.07) is 10.1. The largest absolute Gasteiger partial charge is 0.465 e. The molecule has 8 atom stereocenters. The third-order valence-electron chi connectivity index (χ3n) is 11.3. The number of fused-ring (bicyclic) bond motifs is 6. The number of carbonyl (C=O) groups is 3. The maximum atomic E-state index is 13.4. The number of nitrogens with zero attached hydrogens (tertiary/aromatic N) is 2. The number of rotatable bonds is 4. The zero-order valence-corrected chi connectivity index (χ0v) is 26.1. The molecule has 2 heterocycles. The molecule has 5 aliphatic rings. The number of carbonyl (C=O) groups excluding carboxylic acids is 3. The van der Waals surface area contributed by atoms with Crippen LogP contribution in [0.4, 0.5) is 0 Å². The Morgan fingerprint density at radius 1 is 1.20 bits per heavy atom. The van der Waals surface area contributed by atoms with Crippen molar-refractivity contribution in [3.8, 4) is 5.69 Å². The van der Waals surface area contributed by atoms with Crippen LogP contribution in [0.5, 0.6) is 0 Å². The van der Waals surface area contributed by atoms with Gasteiger partial charge >= 0.3 is 11.9 Å². The molecular weight excluding hydrogens is 560 g/mol. The molecule has 0 spiro atoms. The second kappa shape index (κ2) is 10.8. The number of aliphatic hydroxyl groups excluding tert-OH is 1. The minimum atomic E-state index is -1.67. The topological polar surface area (TPSA) is 128 Å². The number of aromatic nitrogens is 2. The molecule has 7 rings (SSSR count). The van der Waals surface area contributed by atoms with E-state index in [1.807, 2.05) is 42.9 Å². The molecule has 1 saturated heterocycles. The van der Waals surface area contributed by atoms with Crippen molar-refractivity contribution in [2.75, 3.05) is 13.2 Å². The molecule has 9 nitrogen and oxygen atoms in total. The highest BCUT2D eigenvalue weighted by atomic mass is 16.6. The Kier molecular flexibility index (Phi) is 7.48. The van der Waals surface area contributed by atoms with E-state index in [0.29, 0.717) is 25.9 Å². The van der Waals surface area contributed by atoms with Gasteiger partial charge in [-0.05, 0) is 73.3 Å². The molecule has 0 unspecified atom stereocenters. The summed E-state index contributed by atoms with van der Waals surface area (Å²) in [6.07, 6.45) is 8.15. The number of hydrogen-bond donors (Lipinski definition) is 2. The van der Waals surface area contributed by atoms with E-state index in [1.54, 1.807) is 0 Å². The van der Waals surface area contributed by atoms with E-state index in [-0.39, 0.29) is 35.1 Å². The van der Waals surface area contributed by atoms with Crippen LogP contribution < -0.4 is 0 Å². The Labute approximate surface area is 257 Å². The number of esters is 2. The Hall–Kier alpha value is -3.56. The average Bonchev–Trinajstić information content (AvgIpc) is 3.46. The Balaban J connectivity index is 0.000000625. The van der Waals surface area contributed by atoms with Gasteiger partial charge < -0.3 is 19.7 Å². The first-order valence-electron chi connectivity index (χ1n) is 15.6. The van der Waals surface area contributed by atoms with Crippen molar-refractivity contribution in [3.05, 3.63) is 65.0 Å². The number of Topliss-reactive ketones (excluding diaryl/α,β-unsaturated/α-hetero) is 1. The highest BCUT2D eigenvalue weighted by Gasteiger charge is 2.70. The summed E-state index contributed by atoms with van der Waals surface area (Å²) in [6.45, 7) is 9.71. The number of hydrogen-bond acceptors (Lipinski definition) is 8. The van der Waals surface area contributed by atoms with E-state index in [2.05, 4.69) is 42.9 Å². The molecule has 2 aromatic rings. The van der Waals surface area contributed by atoms with Crippen LogP contribution in [0.15, 0.2) is 53.8 Å². The molecule has 44 heavy (non-hydrogen) atoms. The molecule has 4 aliphatic carbocycles. The van der Waals surface area contributed by atoms with Crippen LogP contribution in [0.2, 0.25) is 0 Å². The van der Waals surface area contributed by atoms with Crippen molar-refractivity contribution >= 4 is 23.8 Å². The second-order valence-electron chi connectivity index (χ2n) is 13.8. The summed E-state index contributed by atoms with van der Waals surface area (Å²) in [5.41, 5.74) is 2.83. The average molecular weight is 603 g/mol. The Morgan fingerprint density at radius 2 is 1.89 bits per heavy atom. The lowest BCUT2D eigenvalue weighted by Gasteiger charge is -2.59. The SMILES string of the molecule is CC(=O)OCC(=O)[C@@]1(O)[C@H](C)C[C@H]2[C@@H]3C=C(C)C4=Cc5c(cnn5-c5ccccc5)C[C@]4(C)[C@H]3[C@@H](O)C[C@@]21C.O=C1CCO1. The molecule has 2 saturated carbocycles. The minimum Gasteiger partial charge on any atom is -0.465 e. The molecule has 1 aliphatic heterocycles. The third-order valence-corrected chi connectivity index (χ3v) is 11.3. The predicted molar refractivity (Wildman–Crippen MR) is 162 cm³/mol. The molecule has 9 heteroatoms. The molecule has 1 aromatic heterocycles. The quantitative estimate of drug-likeness (QED) is 0.498. The molecule has 0 bridgehead atoms. The van der Waals surface area contributed by atoms with Crippen LogP contribution in [0.3, 0.4) is 0 Å². The fraction of sp³-hybridized carbons (Fsp3) is 0.543. The van der Waals surface area contributed by atoms with Crippen molar-refractivity contribution in [3.63, 3.8) is 0 Å². The van der Waals surface area contributed by atoms with E-state index < -0.39 is 35.5 Å². The number of para-hydroxylation sites is 1. The lowest BCUT2D eigenvalue weighted by atomic mass is 9.46. The van der Waals surface area contributed by atoms with Gasteiger partial charge in [-0.15, -0.1) is 0 Å². The number of benzene rings is 1. The van der Waals surface area contributed by atoms with Gasteiger partial charge in [0.1, 0.15) is 12.2 Å². The third kappa shape index (κ3) is 4.50. The molecule has 0 radical (unpaired) electrons. The Morgan fingerprint density at radius 3 is 2.50 bits per heavy atom. The van der Waals surface area contributed by atoms with Gasteiger partial charge in [0.05, 0.1) is 30.1 Å². The van der Waals surface area contributed by atoms with Crippen LogP contribution in [0, 0.1) is 34.5 Å². The standard InChI is InChI=1S/C32H38N2O5.C3H4O2/c1-18-11-23-25-12-19(2)32(38,28(37)17-39-20(3)35)31(25,5)15-27(36)29(23)30(4)14-21-16-33-34(26(21)13-24(18)30)22-9-7-6-8-10-22;4-3-1-2-5-3/h6-11,13,16,19,23,25,27,29,36,38H,12,14-15,17H2,1-5H3;1-2H2/t19-,23+,25+,27+,29-,30+,31+,32+;/m1./s1. The summed E-state index contributed by atoms with van der Waals surface area (Å²) in [4.78, 5) is 34.5. The van der Waals surface area contributed by atoms with Gasteiger partial charge in [0.2, 0.25) is 5.78 Å². The highest BCUT2D eigenvalue weighted by Crippen LogP contribution is 2.68. The highest BCUT2D eigenvalue weighted by molar-refractivity contribution is 5.91. The van der Waals surface area contributed by atoms with Crippen molar-refractivity contribution in [2.24, 2.45) is 34.5 Å². The molecule has 3 fully saturated rings. The smallest absolute Gasteiger partial charge is 0.309 e. The zero-order valence-electron chi connectivity index (χ0n) is 26.1. The van der Waals surface area contributed by atoms with Gasteiger partial charge in [-0.3, -0.25) is 14.4 Å². The fourth-order valence-corrected chi connectivity index (χ4v) is 9.23. The monoisotopic (exact) mass is 602 g/mol. The first-order chi connectivity index (χ1) is 20.8.